The number of anilines is 1. The number of benzene rings is 2. The Hall–Kier alpha value is -1.17. The summed E-state index contributed by atoms with van der Waals surface area (Å²) in [6, 6.07) is 8.53. The molecule has 1 atom stereocenters. The monoisotopic (exact) mass is 361 g/mol. The van der Waals surface area contributed by atoms with Gasteiger partial charge in [0, 0.05) is 21.7 Å². The van der Waals surface area contributed by atoms with Gasteiger partial charge in [0.2, 0.25) is 0 Å². The molecule has 2 rings (SSSR count). The molecule has 2 aromatic carbocycles. The van der Waals surface area contributed by atoms with Crippen LogP contribution in [0.3, 0.4) is 0 Å². The van der Waals surface area contributed by atoms with Crippen molar-refractivity contribution in [1.82, 2.24) is 0 Å². The van der Waals surface area contributed by atoms with Crippen LogP contribution in [-0.2, 0) is 0 Å². The van der Waals surface area contributed by atoms with Crippen LogP contribution in [-0.4, -0.2) is 11.7 Å². The SMILES string of the molecule is OC(CNc1ccc(Cl)cc1Br)c1c(F)cccc1F. The topological polar surface area (TPSA) is 32.3 Å². The molecular weight excluding hydrogens is 352 g/mol. The van der Waals surface area contributed by atoms with Gasteiger partial charge in [-0.2, -0.15) is 0 Å². The van der Waals surface area contributed by atoms with E-state index in [2.05, 4.69) is 21.2 Å². The Morgan fingerprint density at radius 3 is 2.45 bits per heavy atom. The molecule has 0 aliphatic heterocycles. The zero-order chi connectivity index (χ0) is 14.7. The van der Waals surface area contributed by atoms with E-state index >= 15 is 0 Å². The van der Waals surface area contributed by atoms with E-state index in [1.165, 1.54) is 6.07 Å². The number of hydrogen-bond acceptors (Lipinski definition) is 2. The first-order chi connectivity index (χ1) is 9.49. The van der Waals surface area contributed by atoms with Crippen LogP contribution < -0.4 is 5.32 Å². The van der Waals surface area contributed by atoms with Gasteiger partial charge in [-0.25, -0.2) is 8.78 Å². The van der Waals surface area contributed by atoms with Gasteiger partial charge < -0.3 is 10.4 Å². The number of rotatable bonds is 4. The van der Waals surface area contributed by atoms with Gasteiger partial charge in [0.05, 0.1) is 5.56 Å². The molecular formula is C14H11BrClF2NO. The van der Waals surface area contributed by atoms with Gasteiger partial charge in [0.25, 0.3) is 0 Å². The van der Waals surface area contributed by atoms with Crippen molar-refractivity contribution in [3.63, 3.8) is 0 Å². The van der Waals surface area contributed by atoms with Gasteiger partial charge in [-0.05, 0) is 46.3 Å². The van der Waals surface area contributed by atoms with E-state index in [4.69, 9.17) is 11.6 Å². The van der Waals surface area contributed by atoms with Crippen LogP contribution in [0, 0.1) is 11.6 Å². The number of halogens is 4. The number of aliphatic hydroxyl groups excluding tert-OH is 1. The summed E-state index contributed by atoms with van der Waals surface area (Å²) in [6.45, 7) is -0.0297. The predicted octanol–water partition coefficient (Wildman–Crippen LogP) is 4.53. The van der Waals surface area contributed by atoms with E-state index in [0.29, 0.717) is 15.2 Å². The molecule has 2 N–H and O–H groups in total. The van der Waals surface area contributed by atoms with Gasteiger partial charge in [-0.1, -0.05) is 17.7 Å². The van der Waals surface area contributed by atoms with Crippen molar-refractivity contribution in [3.05, 3.63) is 63.1 Å². The molecule has 0 aromatic heterocycles. The molecule has 2 aromatic rings. The quantitative estimate of drug-likeness (QED) is 0.838. The highest BCUT2D eigenvalue weighted by Gasteiger charge is 2.17. The minimum Gasteiger partial charge on any atom is -0.386 e. The Bertz CT molecular complexity index is 604. The molecule has 106 valence electrons. The molecule has 0 amide bonds. The third kappa shape index (κ3) is 3.48. The Morgan fingerprint density at radius 1 is 1.20 bits per heavy atom. The zero-order valence-electron chi connectivity index (χ0n) is 10.2. The van der Waals surface area contributed by atoms with E-state index in [-0.39, 0.29) is 12.1 Å². The predicted molar refractivity (Wildman–Crippen MR) is 79.0 cm³/mol. The van der Waals surface area contributed by atoms with Crippen molar-refractivity contribution in [2.75, 3.05) is 11.9 Å². The number of aliphatic hydroxyl groups is 1. The summed E-state index contributed by atoms with van der Waals surface area (Å²) in [5, 5.41) is 13.4. The van der Waals surface area contributed by atoms with Gasteiger partial charge in [-0.3, -0.25) is 0 Å². The van der Waals surface area contributed by atoms with Crippen molar-refractivity contribution in [3.8, 4) is 0 Å². The molecule has 2 nitrogen and oxygen atoms in total. The van der Waals surface area contributed by atoms with Crippen molar-refractivity contribution in [1.29, 1.82) is 0 Å². The maximum Gasteiger partial charge on any atom is 0.132 e. The zero-order valence-corrected chi connectivity index (χ0v) is 12.5. The molecule has 0 saturated carbocycles. The van der Waals surface area contributed by atoms with Crippen LogP contribution in [0.25, 0.3) is 0 Å². The van der Waals surface area contributed by atoms with E-state index in [1.54, 1.807) is 18.2 Å². The second kappa shape index (κ2) is 6.52. The maximum atomic E-state index is 13.5. The van der Waals surface area contributed by atoms with Gasteiger partial charge >= 0.3 is 0 Å². The second-order valence-electron chi connectivity index (χ2n) is 4.16. The fraction of sp³-hybridized carbons (Fsp3) is 0.143. The van der Waals surface area contributed by atoms with Crippen molar-refractivity contribution in [2.24, 2.45) is 0 Å². The molecule has 0 aliphatic carbocycles. The summed E-state index contributed by atoms with van der Waals surface area (Å²) in [5.41, 5.74) is 0.329. The molecule has 0 heterocycles. The summed E-state index contributed by atoms with van der Waals surface area (Å²) in [7, 11) is 0. The largest absolute Gasteiger partial charge is 0.386 e. The fourth-order valence-corrected chi connectivity index (χ4v) is 2.59. The maximum absolute atomic E-state index is 13.5. The Balaban J connectivity index is 2.11. The minimum absolute atomic E-state index is 0.0297. The lowest BCUT2D eigenvalue weighted by atomic mass is 10.1. The normalized spacial score (nSPS) is 12.2. The van der Waals surface area contributed by atoms with Crippen molar-refractivity contribution in [2.45, 2.75) is 6.10 Å². The van der Waals surface area contributed by atoms with Crippen LogP contribution in [0.2, 0.25) is 5.02 Å². The molecule has 0 radical (unpaired) electrons. The first-order valence-corrected chi connectivity index (χ1v) is 6.97. The highest BCUT2D eigenvalue weighted by atomic mass is 79.9. The Morgan fingerprint density at radius 2 is 1.85 bits per heavy atom. The van der Waals surface area contributed by atoms with Gasteiger partial charge in [-0.15, -0.1) is 0 Å². The molecule has 0 bridgehead atoms. The van der Waals surface area contributed by atoms with Crippen LogP contribution >= 0.6 is 27.5 Å². The van der Waals surface area contributed by atoms with E-state index < -0.39 is 17.7 Å². The second-order valence-corrected chi connectivity index (χ2v) is 5.45. The first-order valence-electron chi connectivity index (χ1n) is 5.80. The van der Waals surface area contributed by atoms with Gasteiger partial charge in [0.15, 0.2) is 0 Å². The summed E-state index contributed by atoms with van der Waals surface area (Å²) >= 11 is 9.12. The van der Waals surface area contributed by atoms with Crippen molar-refractivity contribution < 1.29 is 13.9 Å². The third-order valence-electron chi connectivity index (χ3n) is 2.75. The molecule has 20 heavy (non-hydrogen) atoms. The summed E-state index contributed by atoms with van der Waals surface area (Å²) in [6.07, 6.45) is -1.29. The molecule has 0 fully saturated rings. The molecule has 0 saturated heterocycles. The summed E-state index contributed by atoms with van der Waals surface area (Å²) in [4.78, 5) is 0. The van der Waals surface area contributed by atoms with E-state index in [0.717, 1.165) is 12.1 Å². The minimum atomic E-state index is -1.29. The fourth-order valence-electron chi connectivity index (χ4n) is 1.77. The molecule has 0 aliphatic rings. The first kappa shape index (κ1) is 15.2. The lowest BCUT2D eigenvalue weighted by molar-refractivity contribution is 0.181. The van der Waals surface area contributed by atoms with Crippen LogP contribution in [0.1, 0.15) is 11.7 Å². The lowest BCUT2D eigenvalue weighted by Crippen LogP contribution is -2.15. The highest BCUT2D eigenvalue weighted by Crippen LogP contribution is 2.27. The number of nitrogens with one attached hydrogen (secondary N) is 1. The molecule has 0 spiro atoms. The summed E-state index contributed by atoms with van der Waals surface area (Å²) in [5.74, 6) is -1.54. The van der Waals surface area contributed by atoms with Crippen molar-refractivity contribution >= 4 is 33.2 Å². The molecule has 1 unspecified atom stereocenters. The smallest absolute Gasteiger partial charge is 0.132 e. The van der Waals surface area contributed by atoms with Crippen LogP contribution in [0.5, 0.6) is 0 Å². The third-order valence-corrected chi connectivity index (χ3v) is 3.64. The highest BCUT2D eigenvalue weighted by molar-refractivity contribution is 9.10. The molecule has 6 heteroatoms. The Labute approximate surface area is 128 Å². The van der Waals surface area contributed by atoms with Crippen LogP contribution in [0.15, 0.2) is 40.9 Å². The van der Waals surface area contributed by atoms with E-state index in [1.807, 2.05) is 0 Å². The van der Waals surface area contributed by atoms with Gasteiger partial charge in [0.1, 0.15) is 17.7 Å². The average molecular weight is 363 g/mol. The van der Waals surface area contributed by atoms with E-state index in [9.17, 15) is 13.9 Å². The standard InChI is InChI=1S/C14H11BrClF2NO/c15-9-6-8(16)4-5-12(9)19-7-13(20)14-10(17)2-1-3-11(14)18/h1-6,13,19-20H,7H2. The summed E-state index contributed by atoms with van der Waals surface area (Å²) < 4.78 is 27.7. The average Bonchev–Trinajstić information content (AvgIpc) is 2.37. The Kier molecular flexibility index (Phi) is 4.96. The van der Waals surface area contributed by atoms with Crippen LogP contribution in [0.4, 0.5) is 14.5 Å². The lowest BCUT2D eigenvalue weighted by Gasteiger charge is -2.15. The number of hydrogen-bond donors (Lipinski definition) is 2.